The van der Waals surface area contributed by atoms with Gasteiger partial charge >= 0.3 is 0 Å². The molecule has 1 amide bonds. The highest BCUT2D eigenvalue weighted by Crippen LogP contribution is 2.26. The Morgan fingerprint density at radius 1 is 0.778 bits per heavy atom. The van der Waals surface area contributed by atoms with E-state index in [0.717, 1.165) is 11.1 Å². The highest BCUT2D eigenvalue weighted by Gasteiger charge is 2.19. The third-order valence-electron chi connectivity index (χ3n) is 4.18. The molecule has 0 unspecified atom stereocenters. The summed E-state index contributed by atoms with van der Waals surface area (Å²) >= 11 is 0. The Hall–Kier alpha value is -3.34. The standard InChI is InChI=1S/C22H17F2NO2/c1-13-11-14(2)20(25-22(27)16-5-9-18(24)10-6-16)19(12-13)21(26)15-3-7-17(23)8-4-15/h3-12H,1-2H3,(H,25,27). The van der Waals surface area contributed by atoms with Crippen LogP contribution in [0.15, 0.2) is 60.7 Å². The van der Waals surface area contributed by atoms with Crippen LogP contribution < -0.4 is 5.32 Å². The van der Waals surface area contributed by atoms with E-state index in [1.165, 1.54) is 48.5 Å². The lowest BCUT2D eigenvalue weighted by Gasteiger charge is -2.15. The van der Waals surface area contributed by atoms with Crippen LogP contribution in [0.4, 0.5) is 14.5 Å². The molecular formula is C22H17F2NO2. The van der Waals surface area contributed by atoms with Gasteiger partial charge in [-0.25, -0.2) is 8.78 Å². The summed E-state index contributed by atoms with van der Waals surface area (Å²) in [4.78, 5) is 25.4. The van der Waals surface area contributed by atoms with E-state index in [-0.39, 0.29) is 11.3 Å². The highest BCUT2D eigenvalue weighted by molar-refractivity contribution is 6.16. The first kappa shape index (κ1) is 18.5. The monoisotopic (exact) mass is 365 g/mol. The number of ketones is 1. The van der Waals surface area contributed by atoms with Crippen LogP contribution in [0.5, 0.6) is 0 Å². The van der Waals surface area contributed by atoms with Crippen LogP contribution in [0.3, 0.4) is 0 Å². The van der Waals surface area contributed by atoms with E-state index >= 15 is 0 Å². The molecule has 0 heterocycles. The van der Waals surface area contributed by atoms with Crippen molar-refractivity contribution in [2.24, 2.45) is 0 Å². The number of rotatable bonds is 4. The zero-order valence-electron chi connectivity index (χ0n) is 14.8. The van der Waals surface area contributed by atoms with Crippen molar-refractivity contribution in [2.45, 2.75) is 13.8 Å². The van der Waals surface area contributed by atoms with Gasteiger partial charge in [0.05, 0.1) is 5.69 Å². The van der Waals surface area contributed by atoms with Gasteiger partial charge in [-0.15, -0.1) is 0 Å². The number of hydrogen-bond donors (Lipinski definition) is 1. The summed E-state index contributed by atoms with van der Waals surface area (Å²) < 4.78 is 26.2. The second kappa shape index (κ2) is 7.50. The lowest BCUT2D eigenvalue weighted by Crippen LogP contribution is -2.16. The average molecular weight is 365 g/mol. The molecule has 0 aliphatic carbocycles. The summed E-state index contributed by atoms with van der Waals surface area (Å²) in [5, 5.41) is 2.75. The fourth-order valence-electron chi connectivity index (χ4n) is 2.86. The van der Waals surface area contributed by atoms with Crippen molar-refractivity contribution in [2.75, 3.05) is 5.32 Å². The molecule has 3 aromatic carbocycles. The molecule has 3 rings (SSSR count). The molecule has 0 aliphatic rings. The van der Waals surface area contributed by atoms with Gasteiger partial charge in [0, 0.05) is 16.7 Å². The molecule has 1 N–H and O–H groups in total. The van der Waals surface area contributed by atoms with Gasteiger partial charge in [-0.3, -0.25) is 9.59 Å². The van der Waals surface area contributed by atoms with Crippen LogP contribution in [0.1, 0.15) is 37.4 Å². The number of amides is 1. The maximum Gasteiger partial charge on any atom is 0.255 e. The fourth-order valence-corrected chi connectivity index (χ4v) is 2.86. The van der Waals surface area contributed by atoms with E-state index in [0.29, 0.717) is 16.8 Å². The molecule has 0 spiro atoms. The zero-order valence-corrected chi connectivity index (χ0v) is 14.8. The van der Waals surface area contributed by atoms with Gasteiger partial charge < -0.3 is 5.32 Å². The number of benzene rings is 3. The highest BCUT2D eigenvalue weighted by atomic mass is 19.1. The number of halogens is 2. The van der Waals surface area contributed by atoms with Crippen molar-refractivity contribution in [3.8, 4) is 0 Å². The van der Waals surface area contributed by atoms with Crippen LogP contribution in [0, 0.1) is 25.5 Å². The van der Waals surface area contributed by atoms with Crippen LogP contribution in [0.2, 0.25) is 0 Å². The predicted molar refractivity (Wildman–Crippen MR) is 100 cm³/mol. The number of aryl methyl sites for hydroxylation is 2. The summed E-state index contributed by atoms with van der Waals surface area (Å²) in [6.45, 7) is 3.63. The Bertz CT molecular complexity index is 1010. The molecule has 3 nitrogen and oxygen atoms in total. The average Bonchev–Trinajstić information content (AvgIpc) is 2.64. The minimum atomic E-state index is -0.449. The van der Waals surface area contributed by atoms with Crippen molar-refractivity contribution < 1.29 is 18.4 Å². The normalized spacial score (nSPS) is 10.5. The van der Waals surface area contributed by atoms with Crippen molar-refractivity contribution in [1.82, 2.24) is 0 Å². The molecule has 0 fully saturated rings. The number of carbonyl (C=O) groups is 2. The second-order valence-electron chi connectivity index (χ2n) is 6.30. The van der Waals surface area contributed by atoms with E-state index in [2.05, 4.69) is 5.32 Å². The Morgan fingerprint density at radius 3 is 1.85 bits per heavy atom. The molecule has 0 bridgehead atoms. The number of carbonyl (C=O) groups excluding carboxylic acids is 2. The number of nitrogens with one attached hydrogen (secondary N) is 1. The van der Waals surface area contributed by atoms with Gasteiger partial charge in [0.25, 0.3) is 5.91 Å². The van der Waals surface area contributed by atoms with Crippen LogP contribution >= 0.6 is 0 Å². The summed E-state index contributed by atoms with van der Waals surface area (Å²) in [6, 6.07) is 13.9. The van der Waals surface area contributed by atoms with Gasteiger partial charge in [-0.1, -0.05) is 6.07 Å². The van der Waals surface area contributed by atoms with Crippen LogP contribution in [0.25, 0.3) is 0 Å². The fraction of sp³-hybridized carbons (Fsp3) is 0.0909. The molecule has 0 aromatic heterocycles. The first-order valence-corrected chi connectivity index (χ1v) is 8.33. The smallest absolute Gasteiger partial charge is 0.255 e. The Kier molecular flexibility index (Phi) is 5.12. The predicted octanol–water partition coefficient (Wildman–Crippen LogP) is 5.06. The molecule has 0 saturated carbocycles. The van der Waals surface area contributed by atoms with E-state index in [1.54, 1.807) is 13.0 Å². The lowest BCUT2D eigenvalue weighted by atomic mass is 9.96. The zero-order chi connectivity index (χ0) is 19.6. The molecule has 0 aliphatic heterocycles. The summed E-state index contributed by atoms with van der Waals surface area (Å²) in [6.07, 6.45) is 0. The maximum atomic E-state index is 13.2. The molecule has 0 atom stereocenters. The minimum absolute atomic E-state index is 0.275. The Balaban J connectivity index is 1.99. The van der Waals surface area contributed by atoms with Crippen LogP contribution in [-0.2, 0) is 0 Å². The first-order chi connectivity index (χ1) is 12.8. The summed E-state index contributed by atoms with van der Waals surface area (Å²) in [5.74, 6) is -1.65. The molecule has 3 aromatic rings. The van der Waals surface area contributed by atoms with E-state index in [4.69, 9.17) is 0 Å². The Labute approximate surface area is 155 Å². The third-order valence-corrected chi connectivity index (χ3v) is 4.18. The van der Waals surface area contributed by atoms with E-state index in [1.807, 2.05) is 13.0 Å². The summed E-state index contributed by atoms with van der Waals surface area (Å²) in [5.41, 5.74) is 2.86. The van der Waals surface area contributed by atoms with Crippen molar-refractivity contribution in [3.63, 3.8) is 0 Å². The molecule has 0 radical (unpaired) electrons. The van der Waals surface area contributed by atoms with Gasteiger partial charge in [-0.05, 0) is 79.6 Å². The topological polar surface area (TPSA) is 46.2 Å². The first-order valence-electron chi connectivity index (χ1n) is 8.33. The van der Waals surface area contributed by atoms with E-state index in [9.17, 15) is 18.4 Å². The van der Waals surface area contributed by atoms with Crippen molar-refractivity contribution in [1.29, 1.82) is 0 Å². The number of anilines is 1. The van der Waals surface area contributed by atoms with Gasteiger partial charge in [0.15, 0.2) is 5.78 Å². The van der Waals surface area contributed by atoms with Gasteiger partial charge in [0.2, 0.25) is 0 Å². The van der Waals surface area contributed by atoms with Crippen molar-refractivity contribution >= 4 is 17.4 Å². The molecule has 0 saturated heterocycles. The molecule has 136 valence electrons. The quantitative estimate of drug-likeness (QED) is 0.657. The molecular weight excluding hydrogens is 348 g/mol. The van der Waals surface area contributed by atoms with Crippen LogP contribution in [-0.4, -0.2) is 11.7 Å². The minimum Gasteiger partial charge on any atom is -0.321 e. The largest absolute Gasteiger partial charge is 0.321 e. The molecule has 5 heteroatoms. The SMILES string of the molecule is Cc1cc(C)c(NC(=O)c2ccc(F)cc2)c(C(=O)c2ccc(F)cc2)c1. The molecule has 27 heavy (non-hydrogen) atoms. The summed E-state index contributed by atoms with van der Waals surface area (Å²) in [7, 11) is 0. The lowest BCUT2D eigenvalue weighted by molar-refractivity contribution is 0.102. The van der Waals surface area contributed by atoms with E-state index < -0.39 is 17.5 Å². The maximum absolute atomic E-state index is 13.2. The van der Waals surface area contributed by atoms with Gasteiger partial charge in [0.1, 0.15) is 11.6 Å². The Morgan fingerprint density at radius 2 is 1.30 bits per heavy atom. The van der Waals surface area contributed by atoms with Crippen molar-refractivity contribution in [3.05, 3.63) is 100 Å². The second-order valence-corrected chi connectivity index (χ2v) is 6.30. The third kappa shape index (κ3) is 4.08. The van der Waals surface area contributed by atoms with Gasteiger partial charge in [-0.2, -0.15) is 0 Å². The number of hydrogen-bond acceptors (Lipinski definition) is 2.